The van der Waals surface area contributed by atoms with Crippen molar-refractivity contribution in [2.45, 2.75) is 58.7 Å². The second-order valence-electron chi connectivity index (χ2n) is 10.2. The van der Waals surface area contributed by atoms with Crippen LogP contribution in [0.25, 0.3) is 10.9 Å². The summed E-state index contributed by atoms with van der Waals surface area (Å²) in [6.45, 7) is 4.98. The van der Waals surface area contributed by atoms with Crippen molar-refractivity contribution in [2.24, 2.45) is 17.1 Å². The predicted molar refractivity (Wildman–Crippen MR) is 123 cm³/mol. The molecule has 3 amide bonds. The topological polar surface area (TPSA) is 158 Å². The Balaban J connectivity index is 1.53. The van der Waals surface area contributed by atoms with Crippen LogP contribution in [0.3, 0.4) is 0 Å². The summed E-state index contributed by atoms with van der Waals surface area (Å²) >= 11 is 0. The summed E-state index contributed by atoms with van der Waals surface area (Å²) in [5, 5.41) is 16.7. The van der Waals surface area contributed by atoms with Crippen LogP contribution in [0.5, 0.6) is 0 Å². The minimum Gasteiger partial charge on any atom is -0.415 e. The lowest BCUT2D eigenvalue weighted by atomic mass is 9.81. The van der Waals surface area contributed by atoms with Gasteiger partial charge in [-0.05, 0) is 17.4 Å². The molecule has 0 spiro atoms. The molecular formula is C23H26F3N7O4. The number of carbonyl (C=O) groups excluding carboxylic acids is 3. The zero-order valence-corrected chi connectivity index (χ0v) is 20.3. The van der Waals surface area contributed by atoms with Crippen molar-refractivity contribution in [3.05, 3.63) is 41.5 Å². The predicted octanol–water partition coefficient (Wildman–Crippen LogP) is 2.16. The normalized spacial score (nSPS) is 16.3. The van der Waals surface area contributed by atoms with E-state index in [2.05, 4.69) is 25.9 Å². The first kappa shape index (κ1) is 26.1. The molecule has 1 unspecified atom stereocenters. The summed E-state index contributed by atoms with van der Waals surface area (Å²) in [7, 11) is 0. The maximum absolute atomic E-state index is 14.7. The van der Waals surface area contributed by atoms with Crippen molar-refractivity contribution in [3.8, 4) is 0 Å². The van der Waals surface area contributed by atoms with E-state index >= 15 is 0 Å². The van der Waals surface area contributed by atoms with Crippen LogP contribution in [0, 0.1) is 17.2 Å². The third-order valence-corrected chi connectivity index (χ3v) is 6.04. The van der Waals surface area contributed by atoms with E-state index in [9.17, 15) is 27.6 Å². The van der Waals surface area contributed by atoms with Gasteiger partial charge in [-0.25, -0.2) is 13.2 Å². The van der Waals surface area contributed by atoms with Gasteiger partial charge in [-0.15, -0.1) is 10.2 Å². The number of hydrogen-bond donors (Lipinski definition) is 3. The highest BCUT2D eigenvalue weighted by Gasteiger charge is 2.45. The van der Waals surface area contributed by atoms with Gasteiger partial charge in [0.25, 0.3) is 5.91 Å². The van der Waals surface area contributed by atoms with E-state index < -0.39 is 52.7 Å². The quantitative estimate of drug-likeness (QED) is 0.410. The Bertz CT molecular complexity index is 1350. The first-order valence-electron chi connectivity index (χ1n) is 11.5. The number of halogens is 3. The largest absolute Gasteiger partial charge is 0.415 e. The van der Waals surface area contributed by atoms with Crippen LogP contribution < -0.4 is 16.4 Å². The summed E-state index contributed by atoms with van der Waals surface area (Å²) in [5.41, 5.74) is 4.19. The fourth-order valence-electron chi connectivity index (χ4n) is 4.22. The second kappa shape index (κ2) is 9.48. The molecule has 0 aliphatic heterocycles. The molecule has 1 aromatic carbocycles. The first-order chi connectivity index (χ1) is 17.2. The molecule has 0 saturated heterocycles. The van der Waals surface area contributed by atoms with Crippen LogP contribution in [-0.4, -0.2) is 49.7 Å². The van der Waals surface area contributed by atoms with Crippen molar-refractivity contribution in [2.75, 3.05) is 0 Å². The van der Waals surface area contributed by atoms with Crippen molar-refractivity contribution in [1.82, 2.24) is 30.6 Å². The van der Waals surface area contributed by atoms with Gasteiger partial charge in [0.15, 0.2) is 5.69 Å². The molecule has 1 saturated carbocycles. The Morgan fingerprint density at radius 1 is 1.24 bits per heavy atom. The Labute approximate surface area is 209 Å². The molecule has 1 fully saturated rings. The molecule has 2 aromatic heterocycles. The average molecular weight is 522 g/mol. The van der Waals surface area contributed by atoms with Crippen molar-refractivity contribution < 1.29 is 32.0 Å². The van der Waals surface area contributed by atoms with Crippen LogP contribution in [0.1, 0.15) is 60.7 Å². The molecule has 3 aromatic rings. The van der Waals surface area contributed by atoms with E-state index in [0.29, 0.717) is 0 Å². The summed E-state index contributed by atoms with van der Waals surface area (Å²) in [5.74, 6) is -6.52. The summed E-state index contributed by atoms with van der Waals surface area (Å²) in [6.07, 6.45) is -0.671. The molecule has 11 nitrogen and oxygen atoms in total. The maximum atomic E-state index is 14.7. The molecule has 1 aliphatic rings. The number of nitrogens with zero attached hydrogens (tertiary/aromatic N) is 4. The van der Waals surface area contributed by atoms with Crippen LogP contribution in [0.2, 0.25) is 0 Å². The van der Waals surface area contributed by atoms with E-state index in [0.717, 1.165) is 0 Å². The summed E-state index contributed by atoms with van der Waals surface area (Å²) < 4.78 is 47.6. The highest BCUT2D eigenvalue weighted by atomic mass is 19.3. The van der Waals surface area contributed by atoms with Gasteiger partial charge in [-0.1, -0.05) is 32.9 Å². The van der Waals surface area contributed by atoms with Gasteiger partial charge < -0.3 is 20.8 Å². The smallest absolute Gasteiger partial charge is 0.306 e. The number of nitrogens with two attached hydrogens (primary N) is 1. The maximum Gasteiger partial charge on any atom is 0.306 e. The highest BCUT2D eigenvalue weighted by Crippen LogP contribution is 2.43. The van der Waals surface area contributed by atoms with Gasteiger partial charge in [0.1, 0.15) is 17.4 Å². The van der Waals surface area contributed by atoms with Gasteiger partial charge in [-0.2, -0.15) is 5.10 Å². The fraction of sp³-hybridized carbons (Fsp3) is 0.478. The Morgan fingerprint density at radius 3 is 2.54 bits per heavy atom. The summed E-state index contributed by atoms with van der Waals surface area (Å²) in [6, 6.07) is 3.04. The third kappa shape index (κ3) is 5.57. The molecule has 1 aliphatic carbocycles. The van der Waals surface area contributed by atoms with Crippen LogP contribution in [0.15, 0.2) is 22.6 Å². The Morgan fingerprint density at radius 2 is 1.95 bits per heavy atom. The van der Waals surface area contributed by atoms with Gasteiger partial charge in [0.05, 0.1) is 6.54 Å². The van der Waals surface area contributed by atoms with Crippen molar-refractivity contribution in [1.29, 1.82) is 0 Å². The average Bonchev–Trinajstić information content (AvgIpc) is 3.40. The number of alkyl halides is 2. The minimum atomic E-state index is -2.75. The molecule has 14 heteroatoms. The molecule has 198 valence electrons. The number of para-hydroxylation sites is 1. The minimum absolute atomic E-state index is 0.0287. The number of hydrogen-bond acceptors (Lipinski definition) is 7. The summed E-state index contributed by atoms with van der Waals surface area (Å²) in [4.78, 5) is 37.3. The molecule has 2 heterocycles. The monoisotopic (exact) mass is 521 g/mol. The molecule has 1 atom stereocenters. The Kier molecular flexibility index (Phi) is 6.69. The van der Waals surface area contributed by atoms with E-state index in [1.807, 2.05) is 0 Å². The van der Waals surface area contributed by atoms with Crippen molar-refractivity contribution >= 4 is 28.6 Å². The standard InChI is InChI=1S/C23H26F3N7O4/c1-22(2,3)17(20(36)28-9-14-30-31-21(37-14)18(27)34)29-19(35)15-12-5-4-6-13(24)16(12)33(32-15)10-11-7-23(25,26)8-11/h4-6,11,17H,7-10H2,1-3H3,(H2,27,34)(H,28,36)(H,29,35). The van der Waals surface area contributed by atoms with Gasteiger partial charge in [0.2, 0.25) is 17.7 Å². The molecule has 37 heavy (non-hydrogen) atoms. The lowest BCUT2D eigenvalue weighted by Crippen LogP contribution is -2.53. The number of amides is 3. The Hall–Kier alpha value is -3.97. The second-order valence-corrected chi connectivity index (χ2v) is 10.2. The number of aromatic nitrogens is 4. The van der Waals surface area contributed by atoms with Gasteiger partial charge in [-0.3, -0.25) is 19.1 Å². The lowest BCUT2D eigenvalue weighted by Gasteiger charge is -2.34. The number of primary amides is 1. The third-order valence-electron chi connectivity index (χ3n) is 6.04. The molecule has 0 bridgehead atoms. The van der Waals surface area contributed by atoms with Crippen molar-refractivity contribution in [3.63, 3.8) is 0 Å². The van der Waals surface area contributed by atoms with Gasteiger partial charge in [0, 0.05) is 24.8 Å². The highest BCUT2D eigenvalue weighted by molar-refractivity contribution is 6.06. The van der Waals surface area contributed by atoms with Gasteiger partial charge >= 0.3 is 11.8 Å². The SMILES string of the molecule is CC(C)(C)C(NC(=O)c1nn(CC2CC(F)(F)C2)c2c(F)cccc12)C(=O)NCc1nnc(C(N)=O)o1. The zero-order valence-electron chi connectivity index (χ0n) is 20.3. The van der Waals surface area contributed by atoms with E-state index in [1.54, 1.807) is 20.8 Å². The zero-order chi connectivity index (χ0) is 27.1. The number of fused-ring (bicyclic) bond motifs is 1. The number of nitrogens with one attached hydrogen (secondary N) is 2. The molecule has 4 rings (SSSR count). The molecular weight excluding hydrogens is 495 g/mol. The molecule has 0 radical (unpaired) electrons. The number of benzene rings is 1. The number of carbonyl (C=O) groups is 3. The first-order valence-corrected chi connectivity index (χ1v) is 11.5. The number of rotatable bonds is 8. The molecule has 4 N–H and O–H groups in total. The van der Waals surface area contributed by atoms with Crippen LogP contribution in [-0.2, 0) is 17.9 Å². The fourth-order valence-corrected chi connectivity index (χ4v) is 4.22. The lowest BCUT2D eigenvalue weighted by molar-refractivity contribution is -0.125. The van der Waals surface area contributed by atoms with E-state index in [4.69, 9.17) is 10.2 Å². The van der Waals surface area contributed by atoms with Crippen LogP contribution in [0.4, 0.5) is 13.2 Å². The van der Waals surface area contributed by atoms with E-state index in [-0.39, 0.29) is 48.4 Å². The van der Waals surface area contributed by atoms with E-state index in [1.165, 1.54) is 22.9 Å². The van der Waals surface area contributed by atoms with Crippen LogP contribution >= 0.6 is 0 Å².